The summed E-state index contributed by atoms with van der Waals surface area (Å²) in [5.74, 6) is -1.25. The van der Waals surface area contributed by atoms with Gasteiger partial charge in [0.05, 0.1) is 11.3 Å². The van der Waals surface area contributed by atoms with E-state index >= 15 is 0 Å². The molecule has 1 saturated carbocycles. The van der Waals surface area contributed by atoms with Crippen LogP contribution in [0.1, 0.15) is 36.8 Å². The van der Waals surface area contributed by atoms with Crippen LogP contribution in [0.5, 0.6) is 11.6 Å². The van der Waals surface area contributed by atoms with Crippen molar-refractivity contribution >= 4 is 16.7 Å². The van der Waals surface area contributed by atoms with E-state index in [2.05, 4.69) is 26.7 Å². The quantitative estimate of drug-likeness (QED) is 0.278. The lowest BCUT2D eigenvalue weighted by molar-refractivity contribution is 0.0971. The van der Waals surface area contributed by atoms with Gasteiger partial charge in [0.1, 0.15) is 5.75 Å². The molecule has 2 aliphatic rings. The Kier molecular flexibility index (Phi) is 6.66. The van der Waals surface area contributed by atoms with Crippen molar-refractivity contribution < 1.29 is 13.5 Å². The number of pyridine rings is 1. The molecule has 6 nitrogen and oxygen atoms in total. The van der Waals surface area contributed by atoms with Crippen LogP contribution in [0.4, 0.5) is 14.7 Å². The van der Waals surface area contributed by atoms with E-state index in [4.69, 9.17) is 9.72 Å². The average Bonchev–Trinajstić information content (AvgIpc) is 3.56. The number of hydrogen-bond acceptors (Lipinski definition) is 6. The van der Waals surface area contributed by atoms with Crippen LogP contribution in [0.3, 0.4) is 0 Å². The van der Waals surface area contributed by atoms with Crippen molar-refractivity contribution in [2.75, 3.05) is 18.4 Å². The Morgan fingerprint density at radius 1 is 1.05 bits per heavy atom. The summed E-state index contributed by atoms with van der Waals surface area (Å²) in [5.41, 5.74) is 3.51. The minimum absolute atomic E-state index is 0.00547. The van der Waals surface area contributed by atoms with Gasteiger partial charge in [-0.3, -0.25) is 0 Å². The molecule has 8 heteroatoms. The van der Waals surface area contributed by atoms with E-state index in [9.17, 15) is 8.78 Å². The Bertz CT molecular complexity index is 1450. The molecule has 0 spiro atoms. The van der Waals surface area contributed by atoms with Gasteiger partial charge in [0, 0.05) is 42.7 Å². The maximum absolute atomic E-state index is 13.4. The Labute approximate surface area is 220 Å². The van der Waals surface area contributed by atoms with Crippen LogP contribution in [0.25, 0.3) is 22.0 Å². The highest BCUT2D eigenvalue weighted by Gasteiger charge is 2.55. The van der Waals surface area contributed by atoms with E-state index in [1.807, 2.05) is 49.4 Å². The predicted octanol–water partition coefficient (Wildman–Crippen LogP) is 6.54. The molecule has 4 aromatic rings. The largest absolute Gasteiger partial charge is 0.437 e. The summed E-state index contributed by atoms with van der Waals surface area (Å²) in [6.45, 7) is 3.93. The van der Waals surface area contributed by atoms with E-state index in [0.29, 0.717) is 36.5 Å². The number of aromatic nitrogens is 3. The highest BCUT2D eigenvalue weighted by atomic mass is 19.3. The number of alkyl halides is 2. The molecule has 2 aromatic carbocycles. The highest BCUT2D eigenvalue weighted by molar-refractivity contribution is 5.92. The molecular formula is C30H31F2N5O. The summed E-state index contributed by atoms with van der Waals surface area (Å²) in [4.78, 5) is 13.7. The lowest BCUT2D eigenvalue weighted by Gasteiger charge is -2.23. The summed E-state index contributed by atoms with van der Waals surface area (Å²) in [6, 6.07) is 16.0. The third-order valence-corrected chi connectivity index (χ3v) is 7.55. The minimum Gasteiger partial charge on any atom is -0.437 e. The molecule has 196 valence electrons. The van der Waals surface area contributed by atoms with Gasteiger partial charge in [-0.25, -0.2) is 23.7 Å². The van der Waals surface area contributed by atoms with Gasteiger partial charge in [0.25, 0.3) is 5.92 Å². The third-order valence-electron chi connectivity index (χ3n) is 7.55. The topological polar surface area (TPSA) is 72.0 Å². The van der Waals surface area contributed by atoms with Gasteiger partial charge in [-0.15, -0.1) is 0 Å². The number of piperidine rings is 1. The molecule has 1 aliphatic carbocycles. The van der Waals surface area contributed by atoms with Crippen LogP contribution in [-0.4, -0.2) is 40.0 Å². The molecule has 38 heavy (non-hydrogen) atoms. The fourth-order valence-electron chi connectivity index (χ4n) is 5.27. The first-order valence-electron chi connectivity index (χ1n) is 13.3. The fourth-order valence-corrected chi connectivity index (χ4v) is 5.27. The van der Waals surface area contributed by atoms with E-state index in [1.165, 1.54) is 0 Å². The lowest BCUT2D eigenvalue weighted by Crippen LogP contribution is -2.38. The first kappa shape index (κ1) is 24.7. The maximum atomic E-state index is 13.4. The van der Waals surface area contributed by atoms with E-state index in [0.717, 1.165) is 59.1 Å². The Morgan fingerprint density at radius 2 is 1.95 bits per heavy atom. The Morgan fingerprint density at radius 3 is 2.76 bits per heavy atom. The zero-order chi connectivity index (χ0) is 26.1. The normalized spacial score (nSPS) is 20.3. The number of ether oxygens (including phenoxy) is 1. The third kappa shape index (κ3) is 5.18. The molecule has 0 bridgehead atoms. The van der Waals surface area contributed by atoms with Crippen LogP contribution in [-0.2, 0) is 6.42 Å². The van der Waals surface area contributed by atoms with Crippen LogP contribution in [0, 0.1) is 12.8 Å². The number of nitrogens with one attached hydrogen (secondary N) is 2. The number of benzene rings is 2. The molecule has 6 rings (SSSR count). The van der Waals surface area contributed by atoms with Gasteiger partial charge >= 0.3 is 0 Å². The first-order valence-corrected chi connectivity index (χ1v) is 13.3. The summed E-state index contributed by atoms with van der Waals surface area (Å²) >= 11 is 0. The van der Waals surface area contributed by atoms with Crippen molar-refractivity contribution in [3.05, 3.63) is 72.1 Å². The molecule has 0 amide bonds. The molecule has 3 heterocycles. The number of anilines is 1. The lowest BCUT2D eigenvalue weighted by atomic mass is 9.97. The maximum Gasteiger partial charge on any atom is 0.251 e. The Hall–Kier alpha value is -3.65. The van der Waals surface area contributed by atoms with Crippen molar-refractivity contribution in [1.82, 2.24) is 20.3 Å². The summed E-state index contributed by atoms with van der Waals surface area (Å²) < 4.78 is 33.4. The van der Waals surface area contributed by atoms with Crippen LogP contribution in [0.15, 0.2) is 60.9 Å². The zero-order valence-electron chi connectivity index (χ0n) is 21.4. The molecule has 2 atom stereocenters. The van der Waals surface area contributed by atoms with E-state index in [1.54, 1.807) is 12.4 Å². The van der Waals surface area contributed by atoms with Gasteiger partial charge in [0.2, 0.25) is 11.8 Å². The van der Waals surface area contributed by atoms with Crippen LogP contribution >= 0.6 is 0 Å². The van der Waals surface area contributed by atoms with Crippen molar-refractivity contribution in [2.24, 2.45) is 5.92 Å². The molecule has 1 saturated heterocycles. The van der Waals surface area contributed by atoms with Crippen molar-refractivity contribution in [3.8, 4) is 22.9 Å². The fraction of sp³-hybridized carbons (Fsp3) is 0.367. The van der Waals surface area contributed by atoms with Gasteiger partial charge in [-0.05, 0) is 73.9 Å². The molecule has 1 aliphatic heterocycles. The van der Waals surface area contributed by atoms with Crippen molar-refractivity contribution in [1.29, 1.82) is 0 Å². The second kappa shape index (κ2) is 10.3. The number of halogens is 2. The molecule has 0 radical (unpaired) electrons. The standard InChI is InChI=1S/C30H31F2N5O/c1-19-9-12-23-20(10-11-21-17-30(21,31)32)5-2-7-24(23)27(19)38-28-25(8-4-15-34-28)26-13-16-35-29(37-26)36-22-6-3-14-33-18-22/h2,4-5,7-9,12-13,15-16,21-22,33H,3,6,10-11,14,17-18H2,1H3,(H,35,36,37)/t21-,22+/m1/s1. The average molecular weight is 516 g/mol. The van der Waals surface area contributed by atoms with E-state index < -0.39 is 11.8 Å². The van der Waals surface area contributed by atoms with Gasteiger partial charge in [-0.2, -0.15) is 0 Å². The van der Waals surface area contributed by atoms with Crippen molar-refractivity contribution in [2.45, 2.75) is 51.0 Å². The number of aryl methyl sites for hydroxylation is 2. The number of nitrogens with zero attached hydrogens (tertiary/aromatic N) is 3. The van der Waals surface area contributed by atoms with Gasteiger partial charge < -0.3 is 15.4 Å². The predicted molar refractivity (Wildman–Crippen MR) is 145 cm³/mol. The summed E-state index contributed by atoms with van der Waals surface area (Å²) in [5, 5.41) is 8.80. The van der Waals surface area contributed by atoms with E-state index in [-0.39, 0.29) is 6.42 Å². The Balaban J connectivity index is 1.29. The number of fused-ring (bicyclic) bond motifs is 1. The molecule has 2 fully saturated rings. The molecular weight excluding hydrogens is 484 g/mol. The van der Waals surface area contributed by atoms with Crippen LogP contribution < -0.4 is 15.4 Å². The minimum atomic E-state index is -2.49. The number of hydrogen-bond donors (Lipinski definition) is 2. The smallest absolute Gasteiger partial charge is 0.251 e. The summed E-state index contributed by atoms with van der Waals surface area (Å²) in [7, 11) is 0. The second-order valence-corrected chi connectivity index (χ2v) is 10.3. The zero-order valence-corrected chi connectivity index (χ0v) is 21.4. The first-order chi connectivity index (χ1) is 18.5. The monoisotopic (exact) mass is 515 g/mol. The molecule has 0 unspecified atom stereocenters. The van der Waals surface area contributed by atoms with Gasteiger partial charge in [-0.1, -0.05) is 30.3 Å². The molecule has 2 aromatic heterocycles. The van der Waals surface area contributed by atoms with Gasteiger partial charge in [0.15, 0.2) is 0 Å². The van der Waals surface area contributed by atoms with Crippen LogP contribution in [0.2, 0.25) is 0 Å². The summed E-state index contributed by atoms with van der Waals surface area (Å²) in [6.07, 6.45) is 6.75. The second-order valence-electron chi connectivity index (χ2n) is 10.3. The molecule has 2 N–H and O–H groups in total. The SMILES string of the molecule is Cc1ccc2c(CC[C@@H]3CC3(F)F)cccc2c1Oc1ncccc1-c1ccnc(N[C@H]2CCCNC2)n1. The highest BCUT2D eigenvalue weighted by Crippen LogP contribution is 2.51. The van der Waals surface area contributed by atoms with Crippen molar-refractivity contribution in [3.63, 3.8) is 0 Å². The number of rotatable bonds is 8.